The van der Waals surface area contributed by atoms with Crippen LogP contribution in [-0.2, 0) is 9.59 Å². The molecule has 5 atom stereocenters. The first-order chi connectivity index (χ1) is 14.3. The molecule has 0 bridgehead atoms. The zero-order valence-corrected chi connectivity index (χ0v) is 19.5. The average Bonchev–Trinajstić information content (AvgIpc) is 2.70. The number of fused-ring (bicyclic) bond motifs is 1. The second-order valence-corrected chi connectivity index (χ2v) is 11.0. The van der Waals surface area contributed by atoms with E-state index in [2.05, 4.69) is 43.9 Å². The first-order valence-electron chi connectivity index (χ1n) is 11.3. The lowest BCUT2D eigenvalue weighted by Gasteiger charge is -2.45. The van der Waals surface area contributed by atoms with Crippen molar-refractivity contribution in [2.24, 2.45) is 17.8 Å². The Hall–Kier alpha value is -1.75. The summed E-state index contributed by atoms with van der Waals surface area (Å²) in [5.41, 5.74) is 2.28. The Morgan fingerprint density at radius 3 is 2.57 bits per heavy atom. The fourth-order valence-corrected chi connectivity index (χ4v) is 7.01. The van der Waals surface area contributed by atoms with Crippen molar-refractivity contribution in [3.8, 4) is 0 Å². The second kappa shape index (κ2) is 8.78. The van der Waals surface area contributed by atoms with E-state index in [1.165, 1.54) is 12.0 Å². The van der Waals surface area contributed by atoms with E-state index in [0.717, 1.165) is 42.8 Å². The van der Waals surface area contributed by atoms with E-state index in [9.17, 15) is 9.59 Å². The first-order valence-corrected chi connectivity index (χ1v) is 12.2. The number of carbonyl (C=O) groups is 2. The molecule has 1 aromatic rings. The zero-order valence-electron chi connectivity index (χ0n) is 18.6. The summed E-state index contributed by atoms with van der Waals surface area (Å²) in [4.78, 5) is 31.2. The molecule has 162 valence electrons. The van der Waals surface area contributed by atoms with Crippen LogP contribution in [0.1, 0.15) is 50.7 Å². The quantitative estimate of drug-likeness (QED) is 0.650. The number of hydrogen-bond donors (Lipinski definition) is 0. The summed E-state index contributed by atoms with van der Waals surface area (Å²) in [7, 11) is 1.92. The summed E-state index contributed by atoms with van der Waals surface area (Å²) in [5, 5.41) is 0.381. The van der Waals surface area contributed by atoms with Crippen molar-refractivity contribution < 1.29 is 9.59 Å². The molecule has 0 radical (unpaired) electrons. The number of amides is 2. The molecule has 1 aromatic carbocycles. The minimum atomic E-state index is 0.0573. The fourth-order valence-electron chi connectivity index (χ4n) is 5.53. The smallest absolute Gasteiger partial charge is 0.260 e. The highest BCUT2D eigenvalue weighted by Crippen LogP contribution is 2.43. The van der Waals surface area contributed by atoms with Gasteiger partial charge in [0.1, 0.15) is 0 Å². The Kier molecular flexibility index (Phi) is 6.29. The van der Waals surface area contributed by atoms with Crippen molar-refractivity contribution in [2.75, 3.05) is 20.1 Å². The van der Waals surface area contributed by atoms with E-state index in [-0.39, 0.29) is 17.9 Å². The van der Waals surface area contributed by atoms with Crippen molar-refractivity contribution in [2.45, 2.75) is 57.7 Å². The molecule has 0 aromatic heterocycles. The van der Waals surface area contributed by atoms with Crippen molar-refractivity contribution in [1.82, 2.24) is 9.80 Å². The van der Waals surface area contributed by atoms with Gasteiger partial charge in [-0.25, -0.2) is 0 Å². The van der Waals surface area contributed by atoms with Crippen LogP contribution in [0, 0.1) is 24.7 Å². The van der Waals surface area contributed by atoms with Gasteiger partial charge in [0.15, 0.2) is 0 Å². The molecule has 3 fully saturated rings. The van der Waals surface area contributed by atoms with Crippen LogP contribution in [0.5, 0.6) is 0 Å². The van der Waals surface area contributed by atoms with Gasteiger partial charge in [-0.3, -0.25) is 9.59 Å². The third-order valence-electron chi connectivity index (χ3n) is 6.93. The van der Waals surface area contributed by atoms with Crippen LogP contribution in [0.4, 0.5) is 0 Å². The van der Waals surface area contributed by atoms with E-state index < -0.39 is 0 Å². The standard InChI is InChI=1S/C25H34N2O2S/c1-16-6-5-7-19(11-16)12-23-25(29)26(4)21-13-20(8-9-22(21)30-23)24(28)27-14-17(2)10-18(3)15-27/h5-7,11-12,17-18,20-22H,8-10,13-15H2,1-4H3/b23-12-. The molecule has 0 N–H and O–H groups in total. The van der Waals surface area contributed by atoms with Crippen molar-refractivity contribution in [3.05, 3.63) is 40.3 Å². The maximum absolute atomic E-state index is 13.2. The average molecular weight is 427 g/mol. The molecule has 5 heteroatoms. The summed E-state index contributed by atoms with van der Waals surface area (Å²) in [6.07, 6.45) is 5.97. The summed E-state index contributed by atoms with van der Waals surface area (Å²) in [6, 6.07) is 8.42. The highest BCUT2D eigenvalue weighted by Gasteiger charge is 2.44. The van der Waals surface area contributed by atoms with E-state index in [4.69, 9.17) is 0 Å². The summed E-state index contributed by atoms with van der Waals surface area (Å²) in [6.45, 7) is 8.35. The van der Waals surface area contributed by atoms with Crippen LogP contribution < -0.4 is 0 Å². The summed E-state index contributed by atoms with van der Waals surface area (Å²) >= 11 is 1.72. The van der Waals surface area contributed by atoms with Gasteiger partial charge < -0.3 is 9.80 Å². The van der Waals surface area contributed by atoms with Gasteiger partial charge in [0.2, 0.25) is 5.91 Å². The molecular weight excluding hydrogens is 392 g/mol. The number of piperidine rings is 1. The molecule has 4 nitrogen and oxygen atoms in total. The molecule has 5 unspecified atom stereocenters. The molecule has 1 aliphatic carbocycles. The molecule has 1 saturated carbocycles. The van der Waals surface area contributed by atoms with Crippen LogP contribution in [0.25, 0.3) is 6.08 Å². The molecule has 0 spiro atoms. The Morgan fingerprint density at radius 1 is 1.13 bits per heavy atom. The zero-order chi connectivity index (χ0) is 21.4. The number of likely N-dealkylation sites (tertiary alicyclic amines) is 1. The van der Waals surface area contributed by atoms with Gasteiger partial charge >= 0.3 is 0 Å². The number of nitrogens with zero attached hydrogens (tertiary/aromatic N) is 2. The first kappa shape index (κ1) is 21.5. The second-order valence-electron chi connectivity index (χ2n) is 9.76. The Morgan fingerprint density at radius 2 is 1.87 bits per heavy atom. The van der Waals surface area contributed by atoms with Crippen molar-refractivity contribution in [1.29, 1.82) is 0 Å². The number of rotatable bonds is 2. The number of thioether (sulfide) groups is 1. The van der Waals surface area contributed by atoms with Gasteiger partial charge in [-0.2, -0.15) is 0 Å². The molecule has 4 rings (SSSR count). The maximum atomic E-state index is 13.2. The lowest BCUT2D eigenvalue weighted by atomic mass is 9.82. The fraction of sp³-hybridized carbons (Fsp3) is 0.600. The van der Waals surface area contributed by atoms with Gasteiger partial charge in [-0.1, -0.05) is 43.7 Å². The van der Waals surface area contributed by atoms with Gasteiger partial charge in [0, 0.05) is 37.3 Å². The van der Waals surface area contributed by atoms with Crippen LogP contribution in [-0.4, -0.2) is 53.0 Å². The van der Waals surface area contributed by atoms with Crippen LogP contribution in [0.2, 0.25) is 0 Å². The van der Waals surface area contributed by atoms with Crippen molar-refractivity contribution in [3.63, 3.8) is 0 Å². The van der Waals surface area contributed by atoms with Gasteiger partial charge in [-0.05, 0) is 56.1 Å². The Balaban J connectivity index is 1.45. The SMILES string of the molecule is Cc1cccc(/C=C2\SC3CCC(C(=O)N4CC(C)CC(C)C4)CC3N(C)C2=O)c1. The lowest BCUT2D eigenvalue weighted by Crippen LogP contribution is -2.53. The van der Waals surface area contributed by atoms with Crippen LogP contribution >= 0.6 is 11.8 Å². The summed E-state index contributed by atoms with van der Waals surface area (Å²) in [5.74, 6) is 1.63. The van der Waals surface area contributed by atoms with E-state index >= 15 is 0 Å². The minimum absolute atomic E-state index is 0.0573. The third-order valence-corrected chi connectivity index (χ3v) is 8.33. The third kappa shape index (κ3) is 4.46. The molecule has 30 heavy (non-hydrogen) atoms. The minimum Gasteiger partial charge on any atom is -0.342 e. The predicted molar refractivity (Wildman–Crippen MR) is 124 cm³/mol. The molecule has 2 amide bonds. The Bertz CT molecular complexity index is 841. The highest BCUT2D eigenvalue weighted by molar-refractivity contribution is 8.04. The topological polar surface area (TPSA) is 40.6 Å². The molecular formula is C25H34N2O2S. The van der Waals surface area contributed by atoms with Crippen LogP contribution in [0.3, 0.4) is 0 Å². The highest BCUT2D eigenvalue weighted by atomic mass is 32.2. The monoisotopic (exact) mass is 426 g/mol. The number of aryl methyl sites for hydroxylation is 1. The van der Waals surface area contributed by atoms with E-state index in [0.29, 0.717) is 23.0 Å². The number of likely N-dealkylation sites (N-methyl/N-ethyl adjacent to an activating group) is 1. The predicted octanol–water partition coefficient (Wildman–Crippen LogP) is 4.58. The number of benzene rings is 1. The number of hydrogen-bond acceptors (Lipinski definition) is 3. The van der Waals surface area contributed by atoms with Gasteiger partial charge in [-0.15, -0.1) is 11.8 Å². The van der Waals surface area contributed by atoms with Crippen molar-refractivity contribution >= 4 is 29.7 Å². The molecule has 3 aliphatic rings. The summed E-state index contributed by atoms with van der Waals surface area (Å²) < 4.78 is 0. The maximum Gasteiger partial charge on any atom is 0.260 e. The lowest BCUT2D eigenvalue weighted by molar-refractivity contribution is -0.141. The van der Waals surface area contributed by atoms with Crippen LogP contribution in [0.15, 0.2) is 29.2 Å². The largest absolute Gasteiger partial charge is 0.342 e. The Labute approximate surface area is 185 Å². The molecule has 2 saturated heterocycles. The molecule has 2 aliphatic heterocycles. The van der Waals surface area contributed by atoms with Gasteiger partial charge in [0.25, 0.3) is 5.91 Å². The van der Waals surface area contributed by atoms with Gasteiger partial charge in [0.05, 0.1) is 4.91 Å². The normalized spacial score (nSPS) is 33.5. The van der Waals surface area contributed by atoms with E-state index in [1.54, 1.807) is 11.8 Å². The van der Waals surface area contributed by atoms with E-state index in [1.807, 2.05) is 24.1 Å². The molecule has 2 heterocycles. The number of carbonyl (C=O) groups excluding carboxylic acids is 2.